The zero-order valence-electron chi connectivity index (χ0n) is 18.1. The summed E-state index contributed by atoms with van der Waals surface area (Å²) in [5.41, 5.74) is 3.16. The van der Waals surface area contributed by atoms with E-state index in [4.69, 9.17) is 11.6 Å². The van der Waals surface area contributed by atoms with Crippen LogP contribution in [-0.2, 0) is 4.79 Å². The molecule has 32 heavy (non-hydrogen) atoms. The molecule has 2 heterocycles. The van der Waals surface area contributed by atoms with Crippen LogP contribution in [0.25, 0.3) is 6.08 Å². The average Bonchev–Trinajstić information content (AvgIpc) is 2.83. The second-order valence-corrected chi connectivity index (χ2v) is 8.31. The molecule has 1 N–H and O–H groups in total. The molecule has 1 amide bonds. The number of rotatable bonds is 6. The van der Waals surface area contributed by atoms with Gasteiger partial charge in [0.25, 0.3) is 0 Å². The number of nitrogens with one attached hydrogen (secondary N) is 1. The molecule has 0 saturated carbocycles. The summed E-state index contributed by atoms with van der Waals surface area (Å²) in [7, 11) is 0. The first-order valence-electron chi connectivity index (χ1n) is 10.8. The van der Waals surface area contributed by atoms with Gasteiger partial charge in [-0.1, -0.05) is 41.9 Å². The predicted octanol–water partition coefficient (Wildman–Crippen LogP) is 4.95. The fourth-order valence-corrected chi connectivity index (χ4v) is 4.05. The predicted molar refractivity (Wildman–Crippen MR) is 132 cm³/mol. The first-order valence-corrected chi connectivity index (χ1v) is 11.2. The Morgan fingerprint density at radius 1 is 1.00 bits per heavy atom. The third kappa shape index (κ3) is 5.68. The zero-order chi connectivity index (χ0) is 22.3. The van der Waals surface area contributed by atoms with E-state index in [1.54, 1.807) is 12.2 Å². The van der Waals surface area contributed by atoms with Crippen LogP contribution in [0.4, 0.5) is 11.5 Å². The van der Waals surface area contributed by atoms with E-state index in [0.717, 1.165) is 43.1 Å². The van der Waals surface area contributed by atoms with Gasteiger partial charge in [-0.25, -0.2) is 4.98 Å². The van der Waals surface area contributed by atoms with Crippen molar-refractivity contribution in [3.8, 4) is 0 Å². The van der Waals surface area contributed by atoms with Crippen molar-refractivity contribution in [2.24, 2.45) is 0 Å². The lowest BCUT2D eigenvalue weighted by molar-refractivity contribution is -0.117. The van der Waals surface area contributed by atoms with Gasteiger partial charge in [0, 0.05) is 49.2 Å². The highest BCUT2D eigenvalue weighted by Gasteiger charge is 2.19. The lowest BCUT2D eigenvalue weighted by Crippen LogP contribution is -2.46. The lowest BCUT2D eigenvalue weighted by atomic mass is 10.1. The highest BCUT2D eigenvalue weighted by Crippen LogP contribution is 2.23. The molecule has 1 aromatic heterocycles. The summed E-state index contributed by atoms with van der Waals surface area (Å²) in [5.74, 6) is 0.898. The van der Waals surface area contributed by atoms with Crippen LogP contribution in [0, 0.1) is 0 Å². The molecule has 1 unspecified atom stereocenters. The number of carbonyl (C=O) groups excluding carboxylic acids is 1. The summed E-state index contributed by atoms with van der Waals surface area (Å²) in [5, 5.41) is 3.70. The topological polar surface area (TPSA) is 48.5 Å². The van der Waals surface area contributed by atoms with Crippen molar-refractivity contribution in [3.63, 3.8) is 0 Å². The molecule has 1 atom stereocenters. The highest BCUT2D eigenvalue weighted by molar-refractivity contribution is 6.30. The molecule has 0 bridgehead atoms. The summed E-state index contributed by atoms with van der Waals surface area (Å²) in [4.78, 5) is 21.5. The van der Waals surface area contributed by atoms with Crippen molar-refractivity contribution in [2.45, 2.75) is 13.0 Å². The first-order chi connectivity index (χ1) is 15.6. The van der Waals surface area contributed by atoms with Crippen LogP contribution in [0.1, 0.15) is 24.1 Å². The number of anilines is 2. The van der Waals surface area contributed by atoms with Crippen molar-refractivity contribution in [1.82, 2.24) is 10.3 Å². The van der Waals surface area contributed by atoms with E-state index in [-0.39, 0.29) is 11.9 Å². The molecular weight excluding hydrogens is 420 g/mol. The average molecular weight is 447 g/mol. The monoisotopic (exact) mass is 446 g/mol. The minimum Gasteiger partial charge on any atom is -0.368 e. The van der Waals surface area contributed by atoms with E-state index in [1.165, 1.54) is 5.69 Å². The molecule has 4 rings (SSSR count). The Morgan fingerprint density at radius 2 is 1.78 bits per heavy atom. The van der Waals surface area contributed by atoms with E-state index in [0.29, 0.717) is 5.02 Å². The van der Waals surface area contributed by atoms with Gasteiger partial charge in [0.2, 0.25) is 5.91 Å². The van der Waals surface area contributed by atoms with E-state index in [9.17, 15) is 4.79 Å². The van der Waals surface area contributed by atoms with Gasteiger partial charge in [0.1, 0.15) is 5.82 Å². The van der Waals surface area contributed by atoms with Gasteiger partial charge in [-0.2, -0.15) is 0 Å². The number of nitrogens with zero attached hydrogens (tertiary/aromatic N) is 3. The van der Waals surface area contributed by atoms with Gasteiger partial charge in [-0.3, -0.25) is 4.79 Å². The molecule has 1 aliphatic heterocycles. The molecule has 0 spiro atoms. The fourth-order valence-electron chi connectivity index (χ4n) is 3.85. The Bertz CT molecular complexity index is 1080. The molecule has 6 heteroatoms. The largest absolute Gasteiger partial charge is 0.368 e. The Kier molecular flexibility index (Phi) is 7.07. The van der Waals surface area contributed by atoms with Crippen molar-refractivity contribution >= 4 is 35.1 Å². The van der Waals surface area contributed by atoms with Crippen LogP contribution in [0.2, 0.25) is 5.02 Å². The van der Waals surface area contributed by atoms with E-state index >= 15 is 0 Å². The second-order valence-electron chi connectivity index (χ2n) is 7.88. The Morgan fingerprint density at radius 3 is 2.53 bits per heavy atom. The van der Waals surface area contributed by atoms with Gasteiger partial charge in [0.05, 0.1) is 6.04 Å². The number of amides is 1. The standard InChI is InChI=1S/C26H27ClN4O/c1-20(29-26(32)12-11-21-6-4-8-23(27)18-21)22-7-5-9-24(19-22)30-14-16-31(17-15-30)25-10-2-3-13-28-25/h2-13,18-20H,14-17H2,1H3,(H,29,32). The summed E-state index contributed by atoms with van der Waals surface area (Å²) in [6, 6.07) is 21.8. The highest BCUT2D eigenvalue weighted by atomic mass is 35.5. The Labute approximate surface area is 194 Å². The normalized spacial score (nSPS) is 15.1. The summed E-state index contributed by atoms with van der Waals surface area (Å²) in [6.07, 6.45) is 5.15. The van der Waals surface area contributed by atoms with Gasteiger partial charge in [-0.15, -0.1) is 0 Å². The van der Waals surface area contributed by atoms with Crippen LogP contribution >= 0.6 is 11.6 Å². The number of halogens is 1. The maximum atomic E-state index is 12.4. The second kappa shape index (κ2) is 10.3. The van der Waals surface area contributed by atoms with Crippen LogP contribution in [0.5, 0.6) is 0 Å². The fraction of sp³-hybridized carbons (Fsp3) is 0.231. The van der Waals surface area contributed by atoms with Crippen molar-refractivity contribution in [2.75, 3.05) is 36.0 Å². The van der Waals surface area contributed by atoms with Gasteiger partial charge in [0.15, 0.2) is 0 Å². The molecular formula is C26H27ClN4O. The van der Waals surface area contributed by atoms with E-state index in [2.05, 4.69) is 50.4 Å². The van der Waals surface area contributed by atoms with Gasteiger partial charge >= 0.3 is 0 Å². The molecule has 1 aliphatic rings. The molecule has 2 aromatic carbocycles. The molecule has 5 nitrogen and oxygen atoms in total. The number of pyridine rings is 1. The smallest absolute Gasteiger partial charge is 0.244 e. The first kappa shape index (κ1) is 21.9. The maximum Gasteiger partial charge on any atom is 0.244 e. The van der Waals surface area contributed by atoms with Gasteiger partial charge < -0.3 is 15.1 Å². The quantitative estimate of drug-likeness (QED) is 0.544. The summed E-state index contributed by atoms with van der Waals surface area (Å²) in [6.45, 7) is 5.74. The van der Waals surface area contributed by atoms with E-state index < -0.39 is 0 Å². The molecule has 164 valence electrons. The summed E-state index contributed by atoms with van der Waals surface area (Å²) >= 11 is 6.00. The van der Waals surface area contributed by atoms with Crippen molar-refractivity contribution in [3.05, 3.63) is 95.2 Å². The van der Waals surface area contributed by atoms with Crippen LogP contribution in [-0.4, -0.2) is 37.1 Å². The molecule has 0 radical (unpaired) electrons. The molecule has 1 saturated heterocycles. The SMILES string of the molecule is CC(NC(=O)C=Cc1cccc(Cl)c1)c1cccc(N2CCN(c3ccccn3)CC2)c1. The minimum atomic E-state index is -0.133. The van der Waals surface area contributed by atoms with Crippen molar-refractivity contribution in [1.29, 1.82) is 0 Å². The maximum absolute atomic E-state index is 12.4. The number of piperazine rings is 1. The Hall–Kier alpha value is -3.31. The number of aromatic nitrogens is 1. The number of benzene rings is 2. The van der Waals surface area contributed by atoms with E-state index in [1.807, 2.05) is 49.5 Å². The Balaban J connectivity index is 1.34. The minimum absolute atomic E-state index is 0.0960. The van der Waals surface area contributed by atoms with Gasteiger partial charge in [-0.05, 0) is 60.5 Å². The number of hydrogen-bond acceptors (Lipinski definition) is 4. The molecule has 3 aromatic rings. The third-order valence-corrected chi connectivity index (χ3v) is 5.86. The van der Waals surface area contributed by atoms with Crippen molar-refractivity contribution < 1.29 is 4.79 Å². The van der Waals surface area contributed by atoms with Crippen LogP contribution in [0.15, 0.2) is 79.0 Å². The van der Waals surface area contributed by atoms with Crippen LogP contribution < -0.4 is 15.1 Å². The number of hydrogen-bond donors (Lipinski definition) is 1. The summed E-state index contributed by atoms with van der Waals surface area (Å²) < 4.78 is 0. The van der Waals surface area contributed by atoms with Crippen LogP contribution in [0.3, 0.4) is 0 Å². The number of carbonyl (C=O) groups is 1. The zero-order valence-corrected chi connectivity index (χ0v) is 18.9. The third-order valence-electron chi connectivity index (χ3n) is 5.62. The molecule has 0 aliphatic carbocycles. The molecule has 1 fully saturated rings. The lowest BCUT2D eigenvalue weighted by Gasteiger charge is -2.37.